The van der Waals surface area contributed by atoms with E-state index in [4.69, 9.17) is 9.47 Å². The molecule has 0 aromatic rings. The number of carbonyl (C=O) groups is 2. The third-order valence-corrected chi connectivity index (χ3v) is 5.55. The largest absolute Gasteiger partial charge is 0.459 e. The highest BCUT2D eigenvalue weighted by Crippen LogP contribution is 2.34. The van der Waals surface area contributed by atoms with E-state index >= 15 is 0 Å². The zero-order valence-corrected chi connectivity index (χ0v) is 14.6. The Morgan fingerprint density at radius 2 is 2.20 bits per heavy atom. The van der Waals surface area contributed by atoms with Gasteiger partial charge in [-0.3, -0.25) is 4.90 Å². The van der Waals surface area contributed by atoms with E-state index in [-0.39, 0.29) is 25.2 Å². The van der Waals surface area contributed by atoms with Gasteiger partial charge in [0, 0.05) is 31.2 Å². The summed E-state index contributed by atoms with van der Waals surface area (Å²) in [5, 5.41) is 20.2. The molecule has 0 radical (unpaired) electrons. The van der Waals surface area contributed by atoms with Crippen LogP contribution in [0.1, 0.15) is 26.7 Å². The third kappa shape index (κ3) is 3.23. The number of aliphatic hydroxyl groups excluding tert-OH is 1. The molecule has 3 rings (SSSR count). The number of rotatable bonds is 1. The molecule has 3 aliphatic heterocycles. The Balaban J connectivity index is 1.92. The number of nitrogens with zero attached hydrogens (tertiary/aromatic N) is 1. The van der Waals surface area contributed by atoms with Crippen molar-refractivity contribution in [2.75, 3.05) is 26.3 Å². The van der Waals surface area contributed by atoms with Crippen LogP contribution in [0.5, 0.6) is 0 Å². The number of esters is 2. The van der Waals surface area contributed by atoms with Crippen molar-refractivity contribution in [3.63, 3.8) is 0 Å². The molecule has 2 saturated heterocycles. The number of cyclic esters (lactones) is 1. The van der Waals surface area contributed by atoms with Gasteiger partial charge in [-0.25, -0.2) is 9.59 Å². The van der Waals surface area contributed by atoms with Gasteiger partial charge in [-0.15, -0.1) is 0 Å². The van der Waals surface area contributed by atoms with Crippen LogP contribution >= 0.6 is 0 Å². The Labute approximate surface area is 146 Å². The molecule has 2 fully saturated rings. The summed E-state index contributed by atoms with van der Waals surface area (Å²) < 4.78 is 11.1. The molecule has 0 spiro atoms. The van der Waals surface area contributed by atoms with Gasteiger partial charge >= 0.3 is 11.9 Å². The molecular formula is C18H25NO6. The molecule has 3 aliphatic rings. The van der Waals surface area contributed by atoms with Crippen LogP contribution in [0.3, 0.4) is 0 Å². The second kappa shape index (κ2) is 6.90. The molecule has 138 valence electrons. The molecule has 7 nitrogen and oxygen atoms in total. The number of aliphatic hydroxyl groups is 2. The summed E-state index contributed by atoms with van der Waals surface area (Å²) >= 11 is 0. The minimum Gasteiger partial charge on any atom is -0.459 e. The Morgan fingerprint density at radius 3 is 2.88 bits per heavy atom. The highest BCUT2D eigenvalue weighted by Gasteiger charge is 2.46. The summed E-state index contributed by atoms with van der Waals surface area (Å²) in [6, 6.07) is -0.0760. The fraction of sp³-hybridized carbons (Fsp3) is 0.667. The third-order valence-electron chi connectivity index (χ3n) is 5.55. The van der Waals surface area contributed by atoms with Crippen molar-refractivity contribution in [3.8, 4) is 0 Å². The first-order valence-electron chi connectivity index (χ1n) is 8.68. The Hall–Kier alpha value is -1.70. The molecule has 25 heavy (non-hydrogen) atoms. The van der Waals surface area contributed by atoms with Crippen molar-refractivity contribution in [1.29, 1.82) is 0 Å². The first-order valence-corrected chi connectivity index (χ1v) is 8.68. The van der Waals surface area contributed by atoms with E-state index < -0.39 is 30.1 Å². The maximum absolute atomic E-state index is 12.6. The first kappa shape index (κ1) is 18.1. The van der Waals surface area contributed by atoms with Crippen LogP contribution < -0.4 is 0 Å². The molecule has 2 N–H and O–H groups in total. The van der Waals surface area contributed by atoms with E-state index in [0.717, 1.165) is 25.1 Å². The van der Waals surface area contributed by atoms with E-state index in [1.54, 1.807) is 13.0 Å². The van der Waals surface area contributed by atoms with Gasteiger partial charge in [0.2, 0.25) is 0 Å². The van der Waals surface area contributed by atoms with Gasteiger partial charge in [0.1, 0.15) is 12.7 Å². The minimum absolute atomic E-state index is 0.0394. The number of hydrogen-bond donors (Lipinski definition) is 2. The maximum atomic E-state index is 12.6. The lowest BCUT2D eigenvalue weighted by Crippen LogP contribution is -2.47. The SMILES string of the molecule is C/C=C1/C[C@@H](CO)[C@](C)(O)C(=O)OCC2=CCN3CC[C@@H](OC1=O)[C@@H]23. The van der Waals surface area contributed by atoms with Crippen LogP contribution in [0.2, 0.25) is 0 Å². The standard InChI is InChI=1S/C18H25NO6/c1-3-11-8-13(9-20)18(2,23)17(22)24-10-12-4-6-19-7-5-14(15(12)19)25-16(11)21/h3-4,13-15,20,23H,5-10H2,1-2H3/b11-3-/t13-,14+,15+,18-/m0/s1. The maximum Gasteiger partial charge on any atom is 0.338 e. The lowest BCUT2D eigenvalue weighted by atomic mass is 9.84. The Kier molecular flexibility index (Phi) is 4.99. The smallest absolute Gasteiger partial charge is 0.338 e. The van der Waals surface area contributed by atoms with Gasteiger partial charge in [-0.1, -0.05) is 12.2 Å². The van der Waals surface area contributed by atoms with Crippen molar-refractivity contribution in [2.24, 2.45) is 5.92 Å². The Bertz CT molecular complexity index is 623. The fourth-order valence-corrected chi connectivity index (χ4v) is 3.83. The van der Waals surface area contributed by atoms with Gasteiger partial charge in [0.05, 0.1) is 6.04 Å². The first-order chi connectivity index (χ1) is 11.9. The summed E-state index contributed by atoms with van der Waals surface area (Å²) in [4.78, 5) is 27.2. The van der Waals surface area contributed by atoms with Crippen LogP contribution in [0.25, 0.3) is 0 Å². The molecule has 3 heterocycles. The normalized spacial score (nSPS) is 38.5. The average molecular weight is 351 g/mol. The zero-order chi connectivity index (χ0) is 18.2. The van der Waals surface area contributed by atoms with Crippen molar-refractivity contribution >= 4 is 11.9 Å². The summed E-state index contributed by atoms with van der Waals surface area (Å²) in [6.07, 6.45) is 4.09. The fourth-order valence-electron chi connectivity index (χ4n) is 3.83. The van der Waals surface area contributed by atoms with Crippen molar-refractivity contribution < 1.29 is 29.3 Å². The second-order valence-electron chi connectivity index (χ2n) is 7.07. The van der Waals surface area contributed by atoms with Gasteiger partial charge in [-0.2, -0.15) is 0 Å². The van der Waals surface area contributed by atoms with Crippen LogP contribution in [0, 0.1) is 5.92 Å². The molecule has 0 unspecified atom stereocenters. The van der Waals surface area contributed by atoms with E-state index in [2.05, 4.69) is 4.90 Å². The molecule has 0 bridgehead atoms. The molecule has 7 heteroatoms. The number of allylic oxidation sites excluding steroid dienone is 1. The molecule has 0 saturated carbocycles. The average Bonchev–Trinajstić information content (AvgIpc) is 3.15. The molecule has 0 aromatic heterocycles. The van der Waals surface area contributed by atoms with Crippen LogP contribution in [-0.4, -0.2) is 71.1 Å². The summed E-state index contributed by atoms with van der Waals surface area (Å²) in [7, 11) is 0. The van der Waals surface area contributed by atoms with E-state index in [9.17, 15) is 19.8 Å². The monoisotopic (exact) mass is 351 g/mol. The quantitative estimate of drug-likeness (QED) is 0.395. The highest BCUT2D eigenvalue weighted by atomic mass is 16.6. The molecule has 0 aromatic carbocycles. The van der Waals surface area contributed by atoms with Crippen LogP contribution in [0.4, 0.5) is 0 Å². The van der Waals surface area contributed by atoms with Crippen molar-refractivity contribution in [3.05, 3.63) is 23.3 Å². The highest BCUT2D eigenvalue weighted by molar-refractivity contribution is 5.89. The Morgan fingerprint density at radius 1 is 1.44 bits per heavy atom. The van der Waals surface area contributed by atoms with E-state index in [1.807, 2.05) is 6.08 Å². The summed E-state index contributed by atoms with van der Waals surface area (Å²) in [6.45, 7) is 4.17. The van der Waals surface area contributed by atoms with Gasteiger partial charge in [0.25, 0.3) is 0 Å². The molecule has 0 aliphatic carbocycles. The predicted octanol–water partition coefficient (Wildman–Crippen LogP) is 0.165. The van der Waals surface area contributed by atoms with Gasteiger partial charge in [0.15, 0.2) is 5.60 Å². The number of ether oxygens (including phenoxy) is 2. The number of hydrogen-bond acceptors (Lipinski definition) is 7. The van der Waals surface area contributed by atoms with Crippen molar-refractivity contribution in [2.45, 2.75) is 44.4 Å². The second-order valence-corrected chi connectivity index (χ2v) is 7.07. The lowest BCUT2D eigenvalue weighted by molar-refractivity contribution is -0.171. The lowest BCUT2D eigenvalue weighted by Gasteiger charge is -2.32. The van der Waals surface area contributed by atoms with E-state index in [1.165, 1.54) is 6.92 Å². The molecule has 4 atom stereocenters. The van der Waals surface area contributed by atoms with E-state index in [0.29, 0.717) is 5.57 Å². The van der Waals surface area contributed by atoms with Gasteiger partial charge in [-0.05, 0) is 32.3 Å². The summed E-state index contributed by atoms with van der Waals surface area (Å²) in [5.74, 6) is -2.10. The zero-order valence-electron chi connectivity index (χ0n) is 14.6. The van der Waals surface area contributed by atoms with Crippen LogP contribution in [-0.2, 0) is 19.1 Å². The number of carbonyl (C=O) groups excluding carboxylic acids is 2. The predicted molar refractivity (Wildman–Crippen MR) is 88.5 cm³/mol. The van der Waals surface area contributed by atoms with Crippen LogP contribution in [0.15, 0.2) is 23.3 Å². The summed E-state index contributed by atoms with van der Waals surface area (Å²) in [5.41, 5.74) is -0.659. The topological polar surface area (TPSA) is 96.3 Å². The minimum atomic E-state index is -1.89. The van der Waals surface area contributed by atoms with Gasteiger partial charge < -0.3 is 19.7 Å². The molecular weight excluding hydrogens is 326 g/mol. The van der Waals surface area contributed by atoms with Crippen molar-refractivity contribution in [1.82, 2.24) is 4.90 Å². The molecule has 0 amide bonds.